The Bertz CT molecular complexity index is 631. The number of piperidine rings is 1. The first-order valence-electron chi connectivity index (χ1n) is 10.9. The van der Waals surface area contributed by atoms with E-state index in [4.69, 9.17) is 19.2 Å². The number of guanidine groups is 1. The van der Waals surface area contributed by atoms with Crippen LogP contribution in [0.25, 0.3) is 0 Å². The van der Waals surface area contributed by atoms with E-state index in [1.807, 2.05) is 6.07 Å². The van der Waals surface area contributed by atoms with Crippen LogP contribution >= 0.6 is 0 Å². The number of benzene rings is 1. The summed E-state index contributed by atoms with van der Waals surface area (Å²) in [5, 5.41) is 7.00. The van der Waals surface area contributed by atoms with Crippen molar-refractivity contribution in [2.75, 3.05) is 51.9 Å². The number of aliphatic imine (C=N–C) groups is 1. The minimum absolute atomic E-state index is 0.393. The normalized spacial score (nSPS) is 20.6. The highest BCUT2D eigenvalue weighted by Crippen LogP contribution is 2.30. The molecule has 2 saturated heterocycles. The number of nitrogens with zero attached hydrogens (tertiary/aromatic N) is 2. The zero-order chi connectivity index (χ0) is 20.5. The third-order valence-electron chi connectivity index (χ3n) is 5.63. The molecule has 2 aliphatic rings. The lowest BCUT2D eigenvalue weighted by molar-refractivity contribution is 0.106. The summed E-state index contributed by atoms with van der Waals surface area (Å²) in [4.78, 5) is 7.15. The smallest absolute Gasteiger partial charge is 0.191 e. The van der Waals surface area contributed by atoms with E-state index in [-0.39, 0.29) is 0 Å². The number of hydrogen-bond donors (Lipinski definition) is 2. The predicted molar refractivity (Wildman–Crippen MR) is 117 cm³/mol. The summed E-state index contributed by atoms with van der Waals surface area (Å²) in [6, 6.07) is 6.49. The molecule has 0 radical (unpaired) electrons. The van der Waals surface area contributed by atoms with E-state index < -0.39 is 0 Å². The van der Waals surface area contributed by atoms with Crippen LogP contribution in [0.2, 0.25) is 0 Å². The standard InChI is InChI=1S/C22H36N4O3/c1-4-23-22(24-10-7-19-6-5-13-29-19)25-17-8-11-26(12-9-17)18-14-20(27-2)16-21(15-18)28-3/h14-17,19H,4-13H2,1-3H3,(H2,23,24,25). The molecule has 0 bridgehead atoms. The number of rotatable bonds is 8. The predicted octanol–water partition coefficient (Wildman–Crippen LogP) is 2.80. The molecule has 0 amide bonds. The first-order chi connectivity index (χ1) is 14.2. The van der Waals surface area contributed by atoms with Gasteiger partial charge in [-0.3, -0.25) is 4.99 Å². The van der Waals surface area contributed by atoms with E-state index in [1.165, 1.54) is 12.8 Å². The summed E-state index contributed by atoms with van der Waals surface area (Å²) in [6.45, 7) is 6.67. The van der Waals surface area contributed by atoms with Gasteiger partial charge in [0.25, 0.3) is 0 Å². The second-order valence-electron chi connectivity index (χ2n) is 7.66. The zero-order valence-electron chi connectivity index (χ0n) is 18.1. The Kier molecular flexibility index (Phi) is 8.28. The van der Waals surface area contributed by atoms with Crippen LogP contribution in [0.3, 0.4) is 0 Å². The molecule has 1 aromatic carbocycles. The Morgan fingerprint density at radius 2 is 1.86 bits per heavy atom. The summed E-state index contributed by atoms with van der Waals surface area (Å²) in [6.07, 6.45) is 5.89. The molecule has 7 nitrogen and oxygen atoms in total. The van der Waals surface area contributed by atoms with Crippen LogP contribution < -0.4 is 25.0 Å². The summed E-state index contributed by atoms with van der Waals surface area (Å²) in [7, 11) is 3.38. The molecule has 1 atom stereocenters. The fourth-order valence-corrected chi connectivity index (χ4v) is 3.96. The second-order valence-corrected chi connectivity index (χ2v) is 7.66. The van der Waals surface area contributed by atoms with Crippen molar-refractivity contribution in [2.24, 2.45) is 4.99 Å². The summed E-state index contributed by atoms with van der Waals surface area (Å²) in [5.41, 5.74) is 1.15. The molecule has 0 aliphatic carbocycles. The van der Waals surface area contributed by atoms with E-state index >= 15 is 0 Å². The van der Waals surface area contributed by atoms with Crippen LogP contribution in [0.4, 0.5) is 5.69 Å². The molecule has 162 valence electrons. The molecule has 0 spiro atoms. The van der Waals surface area contributed by atoms with Crippen molar-refractivity contribution in [1.29, 1.82) is 0 Å². The molecule has 2 fully saturated rings. The number of nitrogens with one attached hydrogen (secondary N) is 2. The van der Waals surface area contributed by atoms with E-state index in [9.17, 15) is 0 Å². The number of anilines is 1. The second kappa shape index (κ2) is 11.1. The van der Waals surface area contributed by atoms with E-state index in [0.717, 1.165) is 75.2 Å². The van der Waals surface area contributed by atoms with Gasteiger partial charge in [-0.1, -0.05) is 0 Å². The Hall–Kier alpha value is -2.15. The molecular formula is C22H36N4O3. The summed E-state index contributed by atoms with van der Waals surface area (Å²) >= 11 is 0. The number of ether oxygens (including phenoxy) is 3. The van der Waals surface area contributed by atoms with E-state index in [2.05, 4.69) is 34.6 Å². The van der Waals surface area contributed by atoms with Gasteiger partial charge in [0.05, 0.1) is 20.3 Å². The van der Waals surface area contributed by atoms with E-state index in [0.29, 0.717) is 12.1 Å². The van der Waals surface area contributed by atoms with Crippen LogP contribution in [0.5, 0.6) is 11.5 Å². The lowest BCUT2D eigenvalue weighted by Crippen LogP contribution is -2.48. The minimum atomic E-state index is 0.393. The lowest BCUT2D eigenvalue weighted by Gasteiger charge is -2.34. The number of hydrogen-bond acceptors (Lipinski definition) is 5. The fraction of sp³-hybridized carbons (Fsp3) is 0.682. The van der Waals surface area contributed by atoms with Gasteiger partial charge in [0.2, 0.25) is 0 Å². The maximum absolute atomic E-state index is 5.70. The molecule has 7 heteroatoms. The van der Waals surface area contributed by atoms with Crippen LogP contribution in [0, 0.1) is 0 Å². The maximum atomic E-state index is 5.70. The third-order valence-corrected chi connectivity index (χ3v) is 5.63. The van der Waals surface area contributed by atoms with Gasteiger partial charge in [0.1, 0.15) is 11.5 Å². The molecule has 3 rings (SSSR count). The Balaban J connectivity index is 1.50. The van der Waals surface area contributed by atoms with Crippen molar-refractivity contribution in [1.82, 2.24) is 10.6 Å². The molecule has 0 aromatic heterocycles. The minimum Gasteiger partial charge on any atom is -0.497 e. The van der Waals surface area contributed by atoms with Gasteiger partial charge in [0, 0.05) is 62.7 Å². The van der Waals surface area contributed by atoms with Gasteiger partial charge in [0.15, 0.2) is 5.96 Å². The Morgan fingerprint density at radius 3 is 2.45 bits per heavy atom. The largest absolute Gasteiger partial charge is 0.497 e. The highest BCUT2D eigenvalue weighted by atomic mass is 16.5. The van der Waals surface area contributed by atoms with Gasteiger partial charge in [-0.25, -0.2) is 0 Å². The quantitative estimate of drug-likeness (QED) is 0.513. The van der Waals surface area contributed by atoms with Gasteiger partial charge < -0.3 is 29.7 Å². The monoisotopic (exact) mass is 404 g/mol. The maximum Gasteiger partial charge on any atom is 0.191 e. The van der Waals surface area contributed by atoms with Crippen molar-refractivity contribution in [3.63, 3.8) is 0 Å². The van der Waals surface area contributed by atoms with Gasteiger partial charge >= 0.3 is 0 Å². The first-order valence-corrected chi connectivity index (χ1v) is 10.9. The SMILES string of the molecule is CCNC(=NCCC1CCCO1)NC1CCN(c2cc(OC)cc(OC)c2)CC1. The topological polar surface area (TPSA) is 67.4 Å². The van der Waals surface area contributed by atoms with Crippen molar-refractivity contribution >= 4 is 11.6 Å². The third kappa shape index (κ3) is 6.42. The fourth-order valence-electron chi connectivity index (χ4n) is 3.96. The van der Waals surface area contributed by atoms with Gasteiger partial charge in [-0.15, -0.1) is 0 Å². The van der Waals surface area contributed by atoms with Crippen LogP contribution in [0.1, 0.15) is 39.0 Å². The van der Waals surface area contributed by atoms with Crippen LogP contribution in [-0.4, -0.2) is 65.1 Å². The molecule has 0 saturated carbocycles. The zero-order valence-corrected chi connectivity index (χ0v) is 18.1. The van der Waals surface area contributed by atoms with Gasteiger partial charge in [-0.05, 0) is 39.0 Å². The highest BCUT2D eigenvalue weighted by Gasteiger charge is 2.21. The summed E-state index contributed by atoms with van der Waals surface area (Å²) in [5.74, 6) is 2.58. The molecule has 2 N–H and O–H groups in total. The average molecular weight is 405 g/mol. The molecule has 2 aliphatic heterocycles. The van der Waals surface area contributed by atoms with Crippen LogP contribution in [0.15, 0.2) is 23.2 Å². The lowest BCUT2D eigenvalue weighted by atomic mass is 10.0. The van der Waals surface area contributed by atoms with Crippen molar-refractivity contribution in [2.45, 2.75) is 51.2 Å². The summed E-state index contributed by atoms with van der Waals surface area (Å²) < 4.78 is 16.5. The molecule has 1 unspecified atom stereocenters. The van der Waals surface area contributed by atoms with Crippen molar-refractivity contribution in [3.05, 3.63) is 18.2 Å². The Morgan fingerprint density at radius 1 is 1.14 bits per heavy atom. The van der Waals surface area contributed by atoms with Crippen molar-refractivity contribution < 1.29 is 14.2 Å². The molecule has 29 heavy (non-hydrogen) atoms. The van der Waals surface area contributed by atoms with E-state index in [1.54, 1.807) is 14.2 Å². The van der Waals surface area contributed by atoms with Crippen molar-refractivity contribution in [3.8, 4) is 11.5 Å². The number of methoxy groups -OCH3 is 2. The Labute approximate surface area is 174 Å². The van der Waals surface area contributed by atoms with Gasteiger partial charge in [-0.2, -0.15) is 0 Å². The average Bonchev–Trinajstić information content (AvgIpc) is 3.27. The highest BCUT2D eigenvalue weighted by molar-refractivity contribution is 5.80. The molecule has 2 heterocycles. The molecule has 1 aromatic rings. The first kappa shape index (κ1) is 21.6. The molecular weight excluding hydrogens is 368 g/mol. The van der Waals surface area contributed by atoms with Crippen LogP contribution in [-0.2, 0) is 4.74 Å².